The second kappa shape index (κ2) is 4.78. The van der Waals surface area contributed by atoms with Gasteiger partial charge >= 0.3 is 0 Å². The molecule has 1 aromatic rings. The summed E-state index contributed by atoms with van der Waals surface area (Å²) >= 11 is 3.39. The van der Waals surface area contributed by atoms with Crippen LogP contribution in [-0.4, -0.2) is 6.54 Å². The van der Waals surface area contributed by atoms with Crippen LogP contribution in [0.3, 0.4) is 0 Å². The molecular formula is C9H9BrN2. The highest BCUT2D eigenvalue weighted by molar-refractivity contribution is 9.10. The fourth-order valence-corrected chi connectivity index (χ4v) is 1.40. The molecule has 62 valence electrons. The minimum absolute atomic E-state index is 0.701. The normalized spacial score (nSPS) is 9.00. The average Bonchev–Trinajstić information content (AvgIpc) is 2.05. The summed E-state index contributed by atoms with van der Waals surface area (Å²) in [6.07, 6.45) is 2.77. The number of rotatable bonds is 3. The van der Waals surface area contributed by atoms with E-state index in [-0.39, 0.29) is 0 Å². The molecule has 0 aliphatic carbocycles. The van der Waals surface area contributed by atoms with Crippen molar-refractivity contribution in [3.05, 3.63) is 34.3 Å². The van der Waals surface area contributed by atoms with E-state index in [9.17, 15) is 0 Å². The summed E-state index contributed by atoms with van der Waals surface area (Å²) in [5, 5.41) is 10.8. The third-order valence-corrected chi connectivity index (χ3v) is 2.00. The molecule has 0 heterocycles. The molecular weight excluding hydrogens is 216 g/mol. The minimum Gasteiger partial charge on any atom is -0.324 e. The highest BCUT2D eigenvalue weighted by Crippen LogP contribution is 2.11. The van der Waals surface area contributed by atoms with Crippen LogP contribution in [0.25, 0.3) is 0 Å². The molecule has 0 aliphatic heterocycles. The van der Waals surface area contributed by atoms with Crippen molar-refractivity contribution < 1.29 is 0 Å². The van der Waals surface area contributed by atoms with Gasteiger partial charge in [0.05, 0.1) is 0 Å². The van der Waals surface area contributed by atoms with Gasteiger partial charge in [-0.1, -0.05) is 28.1 Å². The molecule has 0 aromatic heterocycles. The van der Waals surface area contributed by atoms with Crippen molar-refractivity contribution in [3.63, 3.8) is 0 Å². The van der Waals surface area contributed by atoms with E-state index in [0.29, 0.717) is 6.54 Å². The zero-order valence-corrected chi connectivity index (χ0v) is 8.13. The predicted molar refractivity (Wildman–Crippen MR) is 51.5 cm³/mol. The van der Waals surface area contributed by atoms with Crippen LogP contribution >= 0.6 is 15.9 Å². The smallest absolute Gasteiger partial charge is 0.176 e. The number of nitriles is 1. The first-order chi connectivity index (χ1) is 5.83. The van der Waals surface area contributed by atoms with Crippen molar-refractivity contribution in [1.29, 1.82) is 5.26 Å². The van der Waals surface area contributed by atoms with E-state index in [2.05, 4.69) is 27.3 Å². The van der Waals surface area contributed by atoms with E-state index in [4.69, 9.17) is 5.26 Å². The van der Waals surface area contributed by atoms with Gasteiger partial charge in [0.2, 0.25) is 0 Å². The van der Waals surface area contributed by atoms with E-state index in [1.54, 1.807) is 0 Å². The summed E-state index contributed by atoms with van der Waals surface area (Å²) in [5.41, 5.74) is 1.23. The third kappa shape index (κ3) is 2.93. The van der Waals surface area contributed by atoms with Crippen LogP contribution in [0.2, 0.25) is 0 Å². The summed E-state index contributed by atoms with van der Waals surface area (Å²) in [6, 6.07) is 8.08. The molecule has 0 bridgehead atoms. The van der Waals surface area contributed by atoms with Crippen LogP contribution < -0.4 is 5.32 Å². The van der Waals surface area contributed by atoms with Crippen molar-refractivity contribution in [2.45, 2.75) is 6.42 Å². The Balaban J connectivity index is 2.48. The summed E-state index contributed by atoms with van der Waals surface area (Å²) in [6.45, 7) is 0.701. The van der Waals surface area contributed by atoms with E-state index in [0.717, 1.165) is 10.9 Å². The Bertz CT molecular complexity index is 291. The van der Waals surface area contributed by atoms with Crippen LogP contribution in [0.15, 0.2) is 28.7 Å². The molecule has 0 atom stereocenters. The van der Waals surface area contributed by atoms with Gasteiger partial charge in [-0.05, 0) is 24.1 Å². The molecule has 0 unspecified atom stereocenters. The van der Waals surface area contributed by atoms with Gasteiger partial charge in [-0.3, -0.25) is 0 Å². The maximum Gasteiger partial charge on any atom is 0.176 e. The van der Waals surface area contributed by atoms with E-state index >= 15 is 0 Å². The van der Waals surface area contributed by atoms with E-state index in [1.807, 2.05) is 24.4 Å². The molecule has 0 aliphatic rings. The molecule has 0 saturated carbocycles. The number of benzene rings is 1. The summed E-state index contributed by atoms with van der Waals surface area (Å²) < 4.78 is 1.08. The van der Waals surface area contributed by atoms with E-state index < -0.39 is 0 Å². The van der Waals surface area contributed by atoms with Gasteiger partial charge in [-0.15, -0.1) is 0 Å². The van der Waals surface area contributed by atoms with Crippen LogP contribution in [0.4, 0.5) is 0 Å². The Morgan fingerprint density at radius 3 is 3.00 bits per heavy atom. The predicted octanol–water partition coefficient (Wildman–Crippen LogP) is 2.06. The first-order valence-electron chi connectivity index (χ1n) is 3.69. The number of hydrogen-bond acceptors (Lipinski definition) is 2. The number of nitrogens with zero attached hydrogens (tertiary/aromatic N) is 1. The first-order valence-corrected chi connectivity index (χ1v) is 4.48. The molecule has 3 heteroatoms. The van der Waals surface area contributed by atoms with E-state index in [1.165, 1.54) is 5.56 Å². The molecule has 0 radical (unpaired) electrons. The highest BCUT2D eigenvalue weighted by atomic mass is 79.9. The average molecular weight is 225 g/mol. The van der Waals surface area contributed by atoms with Crippen molar-refractivity contribution >= 4 is 15.9 Å². The van der Waals surface area contributed by atoms with Crippen molar-refractivity contribution in [2.24, 2.45) is 0 Å². The summed E-state index contributed by atoms with van der Waals surface area (Å²) in [7, 11) is 0. The number of halogens is 1. The fraction of sp³-hybridized carbons (Fsp3) is 0.222. The Hall–Kier alpha value is -1.01. The maximum atomic E-state index is 8.23. The molecule has 2 nitrogen and oxygen atoms in total. The zero-order chi connectivity index (χ0) is 8.81. The molecule has 0 spiro atoms. The maximum absolute atomic E-state index is 8.23. The van der Waals surface area contributed by atoms with Crippen molar-refractivity contribution in [1.82, 2.24) is 5.32 Å². The summed E-state index contributed by atoms with van der Waals surface area (Å²) in [5.74, 6) is 0. The molecule has 0 amide bonds. The molecule has 0 fully saturated rings. The Morgan fingerprint density at radius 1 is 1.50 bits per heavy atom. The lowest BCUT2D eigenvalue weighted by atomic mass is 10.1. The van der Waals surface area contributed by atoms with Crippen LogP contribution in [-0.2, 0) is 6.42 Å². The largest absolute Gasteiger partial charge is 0.324 e. The van der Waals surface area contributed by atoms with Gasteiger partial charge in [0.25, 0.3) is 0 Å². The topological polar surface area (TPSA) is 35.8 Å². The highest BCUT2D eigenvalue weighted by Gasteiger charge is 1.92. The summed E-state index contributed by atoms with van der Waals surface area (Å²) in [4.78, 5) is 0. The van der Waals surface area contributed by atoms with Crippen LogP contribution in [0.5, 0.6) is 0 Å². The number of hydrogen-bond donors (Lipinski definition) is 1. The van der Waals surface area contributed by atoms with Crippen LogP contribution in [0.1, 0.15) is 5.56 Å². The SMILES string of the molecule is N#CNCCc1cccc(Br)c1. The van der Waals surface area contributed by atoms with Crippen molar-refractivity contribution in [2.75, 3.05) is 6.54 Å². The minimum atomic E-state index is 0.701. The van der Waals surface area contributed by atoms with Gasteiger partial charge < -0.3 is 5.32 Å². The van der Waals surface area contributed by atoms with Gasteiger partial charge in [-0.25, -0.2) is 0 Å². The molecule has 0 saturated heterocycles. The zero-order valence-electron chi connectivity index (χ0n) is 6.55. The Labute approximate surface area is 80.3 Å². The van der Waals surface area contributed by atoms with Gasteiger partial charge in [-0.2, -0.15) is 5.26 Å². The van der Waals surface area contributed by atoms with Gasteiger partial charge in [0.15, 0.2) is 6.19 Å². The molecule has 1 N–H and O–H groups in total. The second-order valence-corrected chi connectivity index (χ2v) is 3.33. The van der Waals surface area contributed by atoms with Crippen LogP contribution in [0, 0.1) is 11.5 Å². The quantitative estimate of drug-likeness (QED) is 0.485. The van der Waals surface area contributed by atoms with Gasteiger partial charge in [0, 0.05) is 11.0 Å². The first kappa shape index (κ1) is 9.08. The second-order valence-electron chi connectivity index (χ2n) is 2.42. The van der Waals surface area contributed by atoms with Crippen molar-refractivity contribution in [3.8, 4) is 6.19 Å². The standard InChI is InChI=1S/C9H9BrN2/c10-9-3-1-2-8(6-9)4-5-12-7-11/h1-3,6,12H,4-5H2. The third-order valence-electron chi connectivity index (χ3n) is 1.51. The monoisotopic (exact) mass is 224 g/mol. The number of nitrogens with one attached hydrogen (secondary N) is 1. The lowest BCUT2D eigenvalue weighted by molar-refractivity contribution is 0.843. The lowest BCUT2D eigenvalue weighted by Gasteiger charge is -1.99. The fourth-order valence-electron chi connectivity index (χ4n) is 0.955. The Kier molecular flexibility index (Phi) is 3.62. The Morgan fingerprint density at radius 2 is 2.33 bits per heavy atom. The molecule has 1 aromatic carbocycles. The molecule has 12 heavy (non-hydrogen) atoms. The lowest BCUT2D eigenvalue weighted by Crippen LogP contribution is -2.09. The van der Waals surface area contributed by atoms with Gasteiger partial charge in [0.1, 0.15) is 0 Å². The molecule has 1 rings (SSSR count).